The molecular formula is C22H37N5O2. The van der Waals surface area contributed by atoms with Gasteiger partial charge in [0.2, 0.25) is 5.91 Å². The molecule has 0 aromatic heterocycles. The summed E-state index contributed by atoms with van der Waals surface area (Å²) in [7, 11) is 5.26. The highest BCUT2D eigenvalue weighted by Crippen LogP contribution is 2.13. The summed E-state index contributed by atoms with van der Waals surface area (Å²) in [6, 6.07) is 10.7. The monoisotopic (exact) mass is 403 g/mol. The highest BCUT2D eigenvalue weighted by atomic mass is 16.5. The van der Waals surface area contributed by atoms with Gasteiger partial charge in [-0.25, -0.2) is 4.99 Å². The van der Waals surface area contributed by atoms with Crippen molar-refractivity contribution >= 4 is 11.9 Å². The summed E-state index contributed by atoms with van der Waals surface area (Å²) in [6.07, 6.45) is 3.20. The second kappa shape index (κ2) is 12.4. The van der Waals surface area contributed by atoms with E-state index in [9.17, 15) is 4.79 Å². The fraction of sp³-hybridized carbons (Fsp3) is 0.636. The topological polar surface area (TPSA) is 69.2 Å². The van der Waals surface area contributed by atoms with E-state index in [1.165, 1.54) is 5.56 Å². The van der Waals surface area contributed by atoms with Crippen molar-refractivity contribution < 1.29 is 9.53 Å². The van der Waals surface area contributed by atoms with E-state index in [4.69, 9.17) is 4.74 Å². The fourth-order valence-electron chi connectivity index (χ4n) is 3.38. The zero-order valence-electron chi connectivity index (χ0n) is 18.4. The van der Waals surface area contributed by atoms with Crippen LogP contribution in [0.5, 0.6) is 0 Å². The van der Waals surface area contributed by atoms with Crippen LogP contribution in [0.2, 0.25) is 0 Å². The zero-order valence-corrected chi connectivity index (χ0v) is 18.4. The highest BCUT2D eigenvalue weighted by Gasteiger charge is 2.20. The third-order valence-electron chi connectivity index (χ3n) is 5.28. The molecule has 29 heavy (non-hydrogen) atoms. The second-order valence-electron chi connectivity index (χ2n) is 7.84. The molecule has 0 spiro atoms. The Kier molecular flexibility index (Phi) is 9.94. The number of likely N-dealkylation sites (tertiary alicyclic amines) is 1. The summed E-state index contributed by atoms with van der Waals surface area (Å²) in [4.78, 5) is 20.6. The molecule has 162 valence electrons. The first-order valence-electron chi connectivity index (χ1n) is 10.5. The van der Waals surface area contributed by atoms with Gasteiger partial charge in [-0.2, -0.15) is 0 Å². The number of nitrogens with zero attached hydrogens (tertiary/aromatic N) is 3. The minimum absolute atomic E-state index is 0.00794. The molecule has 1 aromatic carbocycles. The van der Waals surface area contributed by atoms with Crippen molar-refractivity contribution in [1.82, 2.24) is 20.4 Å². The minimum Gasteiger partial charge on any atom is -0.385 e. The van der Waals surface area contributed by atoms with Crippen molar-refractivity contribution in [3.63, 3.8) is 0 Å². The van der Waals surface area contributed by atoms with Crippen molar-refractivity contribution in [3.8, 4) is 0 Å². The van der Waals surface area contributed by atoms with Crippen LogP contribution in [0.15, 0.2) is 35.3 Å². The van der Waals surface area contributed by atoms with Crippen molar-refractivity contribution in [1.29, 1.82) is 0 Å². The molecule has 1 aliphatic heterocycles. The van der Waals surface area contributed by atoms with Crippen LogP contribution in [-0.2, 0) is 9.53 Å². The van der Waals surface area contributed by atoms with Crippen molar-refractivity contribution in [2.24, 2.45) is 4.99 Å². The van der Waals surface area contributed by atoms with Gasteiger partial charge < -0.3 is 25.2 Å². The third kappa shape index (κ3) is 8.41. The van der Waals surface area contributed by atoms with E-state index in [1.54, 1.807) is 26.1 Å². The van der Waals surface area contributed by atoms with Crippen LogP contribution in [0.1, 0.15) is 37.8 Å². The van der Waals surface area contributed by atoms with Crippen LogP contribution in [0.25, 0.3) is 0 Å². The van der Waals surface area contributed by atoms with Gasteiger partial charge in [-0.05, 0) is 31.7 Å². The molecule has 0 saturated carbocycles. The Morgan fingerprint density at radius 3 is 2.59 bits per heavy atom. The Hall–Kier alpha value is -2.12. The van der Waals surface area contributed by atoms with Crippen LogP contribution in [-0.4, -0.2) is 81.7 Å². The maximum absolute atomic E-state index is 12.0. The minimum atomic E-state index is -0.00794. The molecule has 7 heteroatoms. The van der Waals surface area contributed by atoms with Gasteiger partial charge in [-0.3, -0.25) is 4.79 Å². The molecule has 0 aliphatic carbocycles. The molecule has 1 atom stereocenters. The molecule has 1 heterocycles. The lowest BCUT2D eigenvalue weighted by molar-refractivity contribution is -0.127. The summed E-state index contributed by atoms with van der Waals surface area (Å²) < 4.78 is 5.15. The Balaban J connectivity index is 1.93. The lowest BCUT2D eigenvalue weighted by Gasteiger charge is -2.33. The lowest BCUT2D eigenvalue weighted by Crippen LogP contribution is -2.49. The molecule has 2 N–H and O–H groups in total. The van der Waals surface area contributed by atoms with Gasteiger partial charge >= 0.3 is 0 Å². The molecule has 0 radical (unpaired) electrons. The van der Waals surface area contributed by atoms with Gasteiger partial charge in [0.05, 0.1) is 6.04 Å². The summed E-state index contributed by atoms with van der Waals surface area (Å²) in [6.45, 7) is 6.29. The molecule has 1 aromatic rings. The largest absolute Gasteiger partial charge is 0.385 e. The highest BCUT2D eigenvalue weighted by molar-refractivity contribution is 5.85. The van der Waals surface area contributed by atoms with Gasteiger partial charge in [-0.1, -0.05) is 30.3 Å². The second-order valence-corrected chi connectivity index (χ2v) is 7.84. The number of guanidine groups is 1. The third-order valence-corrected chi connectivity index (χ3v) is 5.28. The first kappa shape index (κ1) is 23.2. The van der Waals surface area contributed by atoms with E-state index >= 15 is 0 Å². The maximum Gasteiger partial charge on any atom is 0.243 e. The lowest BCUT2D eigenvalue weighted by atomic mass is 10.0. The Bertz CT molecular complexity index is 627. The van der Waals surface area contributed by atoms with Crippen LogP contribution in [0.3, 0.4) is 0 Å². The number of hydrogen-bond donors (Lipinski definition) is 2. The number of methoxy groups -OCH3 is 1. The first-order chi connectivity index (χ1) is 14.0. The van der Waals surface area contributed by atoms with Crippen molar-refractivity contribution in [3.05, 3.63) is 35.9 Å². The van der Waals surface area contributed by atoms with Gasteiger partial charge in [-0.15, -0.1) is 0 Å². The number of ether oxygens (including phenoxy) is 1. The van der Waals surface area contributed by atoms with Crippen LogP contribution in [0, 0.1) is 0 Å². The predicted octanol–water partition coefficient (Wildman–Crippen LogP) is 1.87. The number of carbonyl (C=O) groups excluding carboxylic acids is 1. The Labute approximate surface area is 175 Å². The van der Waals surface area contributed by atoms with E-state index in [2.05, 4.69) is 39.6 Å². The predicted molar refractivity (Wildman–Crippen MR) is 118 cm³/mol. The quantitative estimate of drug-likeness (QED) is 0.374. The standard InChI is InChI=1S/C22H37N5O2/c1-18(19-9-6-5-7-10-19)24-22(23-17-21(28)26(2)3)25-20-11-14-27(15-12-20)13-8-16-29-4/h5-7,9-10,18,20H,8,11-17H2,1-4H3,(H2,23,24,25). The number of amides is 1. The normalized spacial score (nSPS) is 17.0. The summed E-state index contributed by atoms with van der Waals surface area (Å²) in [5.41, 5.74) is 1.19. The SMILES string of the molecule is COCCCN1CCC(NC(=NCC(=O)N(C)C)NC(C)c2ccccc2)CC1. The summed E-state index contributed by atoms with van der Waals surface area (Å²) >= 11 is 0. The summed E-state index contributed by atoms with van der Waals surface area (Å²) in [5, 5.41) is 7.02. The number of nitrogens with one attached hydrogen (secondary N) is 2. The molecule has 1 saturated heterocycles. The molecule has 7 nitrogen and oxygen atoms in total. The van der Waals surface area contributed by atoms with E-state index in [-0.39, 0.29) is 18.5 Å². The van der Waals surface area contributed by atoms with Crippen LogP contribution >= 0.6 is 0 Å². The fourth-order valence-corrected chi connectivity index (χ4v) is 3.38. The van der Waals surface area contributed by atoms with Gasteiger partial charge in [0.25, 0.3) is 0 Å². The van der Waals surface area contributed by atoms with Crippen LogP contribution in [0.4, 0.5) is 0 Å². The number of rotatable bonds is 9. The number of piperidine rings is 1. The van der Waals surface area contributed by atoms with Crippen LogP contribution < -0.4 is 10.6 Å². The first-order valence-corrected chi connectivity index (χ1v) is 10.5. The van der Waals surface area contributed by atoms with Gasteiger partial charge in [0.15, 0.2) is 5.96 Å². The maximum atomic E-state index is 12.0. The van der Waals surface area contributed by atoms with E-state index in [1.807, 2.05) is 18.2 Å². The van der Waals surface area contributed by atoms with Crippen molar-refractivity contribution in [2.75, 3.05) is 54.0 Å². The molecule has 0 bridgehead atoms. The van der Waals surface area contributed by atoms with Crippen molar-refractivity contribution in [2.45, 2.75) is 38.3 Å². The average Bonchev–Trinajstić information content (AvgIpc) is 2.73. The molecule has 1 aliphatic rings. The number of carbonyl (C=O) groups is 1. The van der Waals surface area contributed by atoms with E-state index < -0.39 is 0 Å². The smallest absolute Gasteiger partial charge is 0.243 e. The number of benzene rings is 1. The number of likely N-dealkylation sites (N-methyl/N-ethyl adjacent to an activating group) is 1. The molecule has 1 unspecified atom stereocenters. The number of aliphatic imine (C=N–C) groups is 1. The van der Waals surface area contributed by atoms with E-state index in [0.29, 0.717) is 12.0 Å². The molecule has 1 fully saturated rings. The zero-order chi connectivity index (χ0) is 21.1. The molecule has 1 amide bonds. The Morgan fingerprint density at radius 1 is 1.28 bits per heavy atom. The van der Waals surface area contributed by atoms with E-state index in [0.717, 1.165) is 45.5 Å². The number of hydrogen-bond acceptors (Lipinski definition) is 4. The average molecular weight is 404 g/mol. The van der Waals surface area contributed by atoms with Gasteiger partial charge in [0, 0.05) is 53.5 Å². The van der Waals surface area contributed by atoms with Gasteiger partial charge in [0.1, 0.15) is 6.54 Å². The molecular weight excluding hydrogens is 366 g/mol. The molecule has 2 rings (SSSR count). The Morgan fingerprint density at radius 2 is 1.97 bits per heavy atom. The summed E-state index contributed by atoms with van der Waals surface area (Å²) in [5.74, 6) is 0.695.